The van der Waals surface area contributed by atoms with Crippen molar-refractivity contribution in [1.82, 2.24) is 10.2 Å². The van der Waals surface area contributed by atoms with Gasteiger partial charge in [0.25, 0.3) is 0 Å². The number of hydrogen-bond donors (Lipinski definition) is 1. The van der Waals surface area contributed by atoms with E-state index in [0.717, 1.165) is 5.56 Å². The highest BCUT2D eigenvalue weighted by molar-refractivity contribution is 5.78. The first kappa shape index (κ1) is 16.9. The Kier molecular flexibility index (Phi) is 5.53. The number of nitrogens with zero attached hydrogens (tertiary/aromatic N) is 1. The van der Waals surface area contributed by atoms with Crippen LogP contribution < -0.4 is 5.32 Å². The molecule has 0 bridgehead atoms. The minimum atomic E-state index is -0.234. The number of carbonyl (C=O) groups excluding carboxylic acids is 1. The zero-order chi connectivity index (χ0) is 16.2. The predicted octanol–water partition coefficient (Wildman–Crippen LogP) is 1.94. The smallest absolute Gasteiger partial charge is 0.236 e. The molecule has 0 saturated carbocycles. The molecule has 1 aromatic carbocycles. The van der Waals surface area contributed by atoms with Crippen molar-refractivity contribution in [1.29, 1.82) is 0 Å². The lowest BCUT2D eigenvalue weighted by Gasteiger charge is -2.34. The number of hydrogen-bond acceptors (Lipinski definition) is 3. The summed E-state index contributed by atoms with van der Waals surface area (Å²) in [4.78, 5) is 14.0. The lowest BCUT2D eigenvalue weighted by atomic mass is 9.78. The number of amides is 1. The van der Waals surface area contributed by atoms with Gasteiger partial charge in [-0.1, -0.05) is 26.0 Å². The fourth-order valence-corrected chi connectivity index (χ4v) is 2.55. The number of benzene rings is 1. The van der Waals surface area contributed by atoms with Crippen molar-refractivity contribution in [3.63, 3.8) is 0 Å². The van der Waals surface area contributed by atoms with Crippen molar-refractivity contribution < 1.29 is 13.9 Å². The summed E-state index contributed by atoms with van der Waals surface area (Å²) < 4.78 is 18.3. The molecule has 1 atom stereocenters. The van der Waals surface area contributed by atoms with Crippen LogP contribution in [0.4, 0.5) is 4.39 Å². The Hall–Kier alpha value is -1.46. The normalized spacial score (nSPS) is 17.4. The molecule has 1 amide bonds. The summed E-state index contributed by atoms with van der Waals surface area (Å²) in [5, 5.41) is 3.31. The highest BCUT2D eigenvalue weighted by Crippen LogP contribution is 2.27. The maximum absolute atomic E-state index is 13.1. The van der Waals surface area contributed by atoms with E-state index in [0.29, 0.717) is 32.8 Å². The number of ether oxygens (including phenoxy) is 1. The van der Waals surface area contributed by atoms with Gasteiger partial charge in [-0.05, 0) is 24.6 Å². The summed E-state index contributed by atoms with van der Waals surface area (Å²) in [5.41, 5.74) is 0.853. The van der Waals surface area contributed by atoms with Gasteiger partial charge in [-0.2, -0.15) is 0 Å². The molecule has 0 radical (unpaired) electrons. The lowest BCUT2D eigenvalue weighted by molar-refractivity contribution is -0.134. The molecule has 0 unspecified atom stereocenters. The molecule has 1 fully saturated rings. The predicted molar refractivity (Wildman–Crippen MR) is 84.3 cm³/mol. The van der Waals surface area contributed by atoms with Crippen LogP contribution in [0.3, 0.4) is 0 Å². The maximum atomic E-state index is 13.1. The quantitative estimate of drug-likeness (QED) is 0.904. The van der Waals surface area contributed by atoms with Gasteiger partial charge in [0.1, 0.15) is 5.82 Å². The zero-order valence-electron chi connectivity index (χ0n) is 13.6. The molecule has 1 heterocycles. The standard InChI is InChI=1S/C17H25FN2O2/c1-13(17(2,3)14-4-6-15(18)7-5-14)19-12-16(21)20-8-10-22-11-9-20/h4-7,13,19H,8-12H2,1-3H3/t13-/m0/s1. The van der Waals surface area contributed by atoms with Gasteiger partial charge >= 0.3 is 0 Å². The summed E-state index contributed by atoms with van der Waals surface area (Å²) in [5.74, 6) is -0.132. The van der Waals surface area contributed by atoms with Gasteiger partial charge < -0.3 is 15.0 Å². The van der Waals surface area contributed by atoms with Crippen LogP contribution in [0.15, 0.2) is 24.3 Å². The van der Waals surface area contributed by atoms with E-state index in [9.17, 15) is 9.18 Å². The fourth-order valence-electron chi connectivity index (χ4n) is 2.55. The number of rotatable bonds is 5. The van der Waals surface area contributed by atoms with Gasteiger partial charge in [0.2, 0.25) is 5.91 Å². The third-order valence-corrected chi connectivity index (χ3v) is 4.59. The van der Waals surface area contributed by atoms with Crippen molar-refractivity contribution in [3.8, 4) is 0 Å². The second-order valence-corrected chi connectivity index (χ2v) is 6.32. The minimum absolute atomic E-state index is 0.0861. The molecule has 5 heteroatoms. The molecule has 2 rings (SSSR count). The van der Waals surface area contributed by atoms with E-state index >= 15 is 0 Å². The fraction of sp³-hybridized carbons (Fsp3) is 0.588. The second kappa shape index (κ2) is 7.20. The Bertz CT molecular complexity index is 496. The van der Waals surface area contributed by atoms with E-state index in [1.165, 1.54) is 12.1 Å². The Morgan fingerprint density at radius 1 is 1.32 bits per heavy atom. The van der Waals surface area contributed by atoms with E-state index in [-0.39, 0.29) is 23.2 Å². The Balaban J connectivity index is 1.91. The molecule has 4 nitrogen and oxygen atoms in total. The first-order chi connectivity index (χ1) is 10.4. The highest BCUT2D eigenvalue weighted by atomic mass is 19.1. The molecule has 1 aromatic rings. The van der Waals surface area contributed by atoms with E-state index in [1.807, 2.05) is 4.90 Å². The maximum Gasteiger partial charge on any atom is 0.236 e. The number of carbonyl (C=O) groups is 1. The largest absolute Gasteiger partial charge is 0.378 e. The third-order valence-electron chi connectivity index (χ3n) is 4.59. The molecule has 1 aliphatic rings. The van der Waals surface area contributed by atoms with Crippen LogP contribution in [0.25, 0.3) is 0 Å². The molecular weight excluding hydrogens is 283 g/mol. The first-order valence-corrected chi connectivity index (χ1v) is 7.76. The van der Waals surface area contributed by atoms with Crippen molar-refractivity contribution >= 4 is 5.91 Å². The van der Waals surface area contributed by atoms with Crippen LogP contribution in [-0.2, 0) is 14.9 Å². The molecular formula is C17H25FN2O2. The lowest BCUT2D eigenvalue weighted by Crippen LogP contribution is -2.49. The summed E-state index contributed by atoms with van der Waals surface area (Å²) in [7, 11) is 0. The van der Waals surface area contributed by atoms with E-state index in [1.54, 1.807) is 12.1 Å². The van der Waals surface area contributed by atoms with Crippen LogP contribution in [0.1, 0.15) is 26.3 Å². The Labute approximate surface area is 131 Å². The second-order valence-electron chi connectivity index (χ2n) is 6.32. The van der Waals surface area contributed by atoms with Gasteiger partial charge in [-0.15, -0.1) is 0 Å². The van der Waals surface area contributed by atoms with Gasteiger partial charge in [-0.25, -0.2) is 4.39 Å². The molecule has 1 aliphatic heterocycles. The van der Waals surface area contributed by atoms with Gasteiger partial charge in [-0.3, -0.25) is 4.79 Å². The zero-order valence-corrected chi connectivity index (χ0v) is 13.6. The number of morpholine rings is 1. The summed E-state index contributed by atoms with van der Waals surface area (Å²) in [6.07, 6.45) is 0. The highest BCUT2D eigenvalue weighted by Gasteiger charge is 2.28. The first-order valence-electron chi connectivity index (χ1n) is 7.76. The molecule has 0 aliphatic carbocycles. The number of nitrogens with one attached hydrogen (secondary N) is 1. The molecule has 1 N–H and O–H groups in total. The molecule has 0 aromatic heterocycles. The molecule has 1 saturated heterocycles. The van der Waals surface area contributed by atoms with Crippen molar-refractivity contribution in [2.24, 2.45) is 0 Å². The molecule has 0 spiro atoms. The third kappa shape index (κ3) is 4.05. The molecule has 122 valence electrons. The van der Waals surface area contributed by atoms with Gasteiger partial charge in [0, 0.05) is 24.5 Å². The van der Waals surface area contributed by atoms with E-state index < -0.39 is 0 Å². The minimum Gasteiger partial charge on any atom is -0.378 e. The van der Waals surface area contributed by atoms with Gasteiger partial charge in [0.15, 0.2) is 0 Å². The summed E-state index contributed by atoms with van der Waals surface area (Å²) >= 11 is 0. The number of halogens is 1. The van der Waals surface area contributed by atoms with Crippen molar-refractivity contribution in [2.75, 3.05) is 32.8 Å². The average Bonchev–Trinajstić information content (AvgIpc) is 2.53. The van der Waals surface area contributed by atoms with Crippen LogP contribution >= 0.6 is 0 Å². The van der Waals surface area contributed by atoms with E-state index in [2.05, 4.69) is 26.1 Å². The van der Waals surface area contributed by atoms with Crippen LogP contribution in [0.5, 0.6) is 0 Å². The summed E-state index contributed by atoms with van der Waals surface area (Å²) in [6, 6.07) is 6.64. The van der Waals surface area contributed by atoms with Gasteiger partial charge in [0.05, 0.1) is 19.8 Å². The topological polar surface area (TPSA) is 41.6 Å². The SMILES string of the molecule is C[C@H](NCC(=O)N1CCOCC1)C(C)(C)c1ccc(F)cc1. The Morgan fingerprint density at radius 2 is 1.91 bits per heavy atom. The monoisotopic (exact) mass is 308 g/mol. The Morgan fingerprint density at radius 3 is 2.50 bits per heavy atom. The van der Waals surface area contributed by atoms with Crippen LogP contribution in [-0.4, -0.2) is 49.7 Å². The summed E-state index contributed by atoms with van der Waals surface area (Å²) in [6.45, 7) is 9.10. The molecule has 22 heavy (non-hydrogen) atoms. The van der Waals surface area contributed by atoms with E-state index in [4.69, 9.17) is 4.74 Å². The van der Waals surface area contributed by atoms with Crippen molar-refractivity contribution in [2.45, 2.75) is 32.2 Å². The van der Waals surface area contributed by atoms with Crippen LogP contribution in [0, 0.1) is 5.82 Å². The average molecular weight is 308 g/mol. The van der Waals surface area contributed by atoms with Crippen LogP contribution in [0.2, 0.25) is 0 Å². The van der Waals surface area contributed by atoms with Crippen molar-refractivity contribution in [3.05, 3.63) is 35.6 Å².